The molecule has 0 spiro atoms. The third-order valence-electron chi connectivity index (χ3n) is 8.69. The van der Waals surface area contributed by atoms with Gasteiger partial charge in [0, 0.05) is 16.0 Å². The highest BCUT2D eigenvalue weighted by Gasteiger charge is 2.28. The molecule has 2 heterocycles. The summed E-state index contributed by atoms with van der Waals surface area (Å²) in [6.07, 6.45) is 0. The van der Waals surface area contributed by atoms with Gasteiger partial charge in [-0.1, -0.05) is 115 Å². The van der Waals surface area contributed by atoms with E-state index in [1.165, 1.54) is 43.4 Å². The minimum absolute atomic E-state index is 0.742. The van der Waals surface area contributed by atoms with E-state index in [-0.39, 0.29) is 0 Å². The summed E-state index contributed by atoms with van der Waals surface area (Å²) in [5, 5.41) is 8.47. The summed E-state index contributed by atoms with van der Waals surface area (Å²) in [7, 11) is -2.78. The van der Waals surface area contributed by atoms with E-state index in [4.69, 9.17) is 4.36 Å². The molecule has 2 nitrogen and oxygen atoms in total. The van der Waals surface area contributed by atoms with Crippen molar-refractivity contribution in [1.82, 2.24) is 0 Å². The fourth-order valence-electron chi connectivity index (χ4n) is 6.60. The van der Waals surface area contributed by atoms with Crippen LogP contribution in [0.25, 0.3) is 65.0 Å². The third-order valence-corrected chi connectivity index (χ3v) is 12.2. The van der Waals surface area contributed by atoms with Gasteiger partial charge in [0.15, 0.2) is 0 Å². The van der Waals surface area contributed by atoms with E-state index in [1.54, 1.807) is 11.3 Å². The first kappa shape index (κ1) is 25.5. The van der Waals surface area contributed by atoms with Gasteiger partial charge in [-0.3, -0.25) is 0 Å². The number of benzene rings is 7. The van der Waals surface area contributed by atoms with Gasteiger partial charge in [-0.05, 0) is 85.4 Å². The Morgan fingerprint density at radius 3 is 1.80 bits per heavy atom. The van der Waals surface area contributed by atoms with Gasteiger partial charge >= 0.3 is 0 Å². The van der Waals surface area contributed by atoms with Crippen molar-refractivity contribution in [1.29, 1.82) is 0 Å². The van der Waals surface area contributed by atoms with Crippen LogP contribution in [-0.2, 0) is 9.73 Å². The van der Waals surface area contributed by atoms with E-state index in [1.807, 2.05) is 48.5 Å². The number of hydrogen-bond donors (Lipinski definition) is 0. The van der Waals surface area contributed by atoms with Crippen LogP contribution in [0, 0.1) is 0 Å². The zero-order valence-corrected chi connectivity index (χ0v) is 25.2. The molecule has 0 saturated carbocycles. The number of fused-ring (bicyclic) bond motifs is 9. The fraction of sp³-hybridized carbons (Fsp3) is 0. The molecule has 0 bridgehead atoms. The summed E-state index contributed by atoms with van der Waals surface area (Å²) in [6, 6.07) is 52.8. The summed E-state index contributed by atoms with van der Waals surface area (Å²) >= 11 is 1.61. The molecule has 0 N–H and O–H groups in total. The molecule has 1 aliphatic heterocycles. The van der Waals surface area contributed by atoms with Crippen molar-refractivity contribution in [3.63, 3.8) is 0 Å². The molecular formula is C40H25NOS2. The SMILES string of the molecule is O=S1(c2ccccc2)=Nc2sc(-c3cccc(-c4ccc5c6ccccc6c6ccccc6c5c4)c3)cc2-c2ccccc21. The molecule has 0 aliphatic carbocycles. The highest BCUT2D eigenvalue weighted by atomic mass is 32.2. The van der Waals surface area contributed by atoms with Crippen molar-refractivity contribution in [2.75, 3.05) is 0 Å². The Labute approximate surface area is 260 Å². The molecule has 44 heavy (non-hydrogen) atoms. The van der Waals surface area contributed by atoms with Crippen molar-refractivity contribution in [2.45, 2.75) is 9.79 Å². The summed E-state index contributed by atoms with van der Waals surface area (Å²) in [4.78, 5) is 2.64. The molecule has 0 radical (unpaired) electrons. The van der Waals surface area contributed by atoms with E-state index in [0.29, 0.717) is 0 Å². The Balaban J connectivity index is 1.19. The van der Waals surface area contributed by atoms with Crippen LogP contribution in [-0.4, -0.2) is 4.21 Å². The van der Waals surface area contributed by atoms with Crippen molar-refractivity contribution >= 4 is 58.4 Å². The molecule has 1 aliphatic rings. The lowest BCUT2D eigenvalue weighted by molar-refractivity contribution is 0.676. The predicted molar refractivity (Wildman–Crippen MR) is 186 cm³/mol. The molecule has 0 saturated heterocycles. The van der Waals surface area contributed by atoms with Gasteiger partial charge in [-0.2, -0.15) is 4.36 Å². The molecule has 8 aromatic rings. The summed E-state index contributed by atoms with van der Waals surface area (Å²) in [5.41, 5.74) is 5.52. The van der Waals surface area contributed by atoms with Crippen LogP contribution in [0.3, 0.4) is 0 Å². The van der Waals surface area contributed by atoms with Gasteiger partial charge in [0.25, 0.3) is 0 Å². The minimum atomic E-state index is -2.78. The van der Waals surface area contributed by atoms with Gasteiger partial charge in [-0.25, -0.2) is 4.21 Å². The standard InChI is InChI=1S/C40H25NOS2/c42-44(29-13-2-1-3-14-29)39-20-9-8-19-35(39)37-25-38(43-40(37)41-44)28-12-10-11-26(23-28)27-21-22-34-32-17-5-4-15-30(32)31-16-6-7-18-33(31)36(34)24-27/h1-25H. The van der Waals surface area contributed by atoms with E-state index < -0.39 is 9.73 Å². The fourth-order valence-corrected chi connectivity index (χ4v) is 10.0. The quantitative estimate of drug-likeness (QED) is 0.186. The Morgan fingerprint density at radius 1 is 0.455 bits per heavy atom. The number of thiophene rings is 1. The maximum absolute atomic E-state index is 14.5. The van der Waals surface area contributed by atoms with Crippen LogP contribution < -0.4 is 0 Å². The first-order valence-corrected chi connectivity index (χ1v) is 17.0. The maximum Gasteiger partial charge on any atom is 0.135 e. The van der Waals surface area contributed by atoms with Crippen LogP contribution in [0.4, 0.5) is 5.00 Å². The second kappa shape index (κ2) is 9.75. The van der Waals surface area contributed by atoms with Crippen molar-refractivity contribution in [3.8, 4) is 32.7 Å². The number of nitrogens with zero attached hydrogens (tertiary/aromatic N) is 1. The highest BCUT2D eigenvalue weighted by molar-refractivity contribution is 7.94. The molecule has 208 valence electrons. The normalized spacial score (nSPS) is 15.6. The van der Waals surface area contributed by atoms with Gasteiger partial charge < -0.3 is 0 Å². The van der Waals surface area contributed by atoms with Gasteiger partial charge in [0.1, 0.15) is 14.7 Å². The molecule has 1 aromatic heterocycles. The Hall–Kier alpha value is -5.03. The summed E-state index contributed by atoms with van der Waals surface area (Å²) in [5.74, 6) is 0. The second-order valence-corrected chi connectivity index (χ2v) is 14.4. The van der Waals surface area contributed by atoms with Gasteiger partial charge in [0.05, 0.1) is 9.79 Å². The average molecular weight is 600 g/mol. The summed E-state index contributed by atoms with van der Waals surface area (Å²) < 4.78 is 19.4. The van der Waals surface area contributed by atoms with Crippen molar-refractivity contribution < 1.29 is 4.21 Å². The largest absolute Gasteiger partial charge is 0.239 e. The van der Waals surface area contributed by atoms with Crippen LogP contribution in [0.1, 0.15) is 0 Å². The third kappa shape index (κ3) is 3.82. The molecule has 0 fully saturated rings. The highest BCUT2D eigenvalue weighted by Crippen LogP contribution is 2.50. The number of hydrogen-bond acceptors (Lipinski definition) is 3. The van der Waals surface area contributed by atoms with E-state index >= 15 is 0 Å². The van der Waals surface area contributed by atoms with Crippen molar-refractivity contribution in [3.05, 3.63) is 152 Å². The smallest absolute Gasteiger partial charge is 0.135 e. The Morgan fingerprint density at radius 2 is 1.05 bits per heavy atom. The molecule has 1 atom stereocenters. The monoisotopic (exact) mass is 599 g/mol. The first-order chi connectivity index (χ1) is 21.7. The lowest BCUT2D eigenvalue weighted by Gasteiger charge is -2.19. The minimum Gasteiger partial charge on any atom is -0.239 e. The van der Waals surface area contributed by atoms with Crippen LogP contribution in [0.2, 0.25) is 0 Å². The maximum atomic E-state index is 14.5. The molecule has 7 aromatic carbocycles. The van der Waals surface area contributed by atoms with E-state index in [2.05, 4.69) is 103 Å². The summed E-state index contributed by atoms with van der Waals surface area (Å²) in [6.45, 7) is 0. The topological polar surface area (TPSA) is 29.4 Å². The average Bonchev–Trinajstić information content (AvgIpc) is 3.53. The van der Waals surface area contributed by atoms with Crippen LogP contribution in [0.5, 0.6) is 0 Å². The van der Waals surface area contributed by atoms with Crippen LogP contribution in [0.15, 0.2) is 166 Å². The zero-order valence-electron chi connectivity index (χ0n) is 23.6. The lowest BCUT2D eigenvalue weighted by Crippen LogP contribution is -2.06. The van der Waals surface area contributed by atoms with Gasteiger partial charge in [-0.15, -0.1) is 11.3 Å². The van der Waals surface area contributed by atoms with Gasteiger partial charge in [0.2, 0.25) is 0 Å². The number of rotatable bonds is 3. The van der Waals surface area contributed by atoms with Crippen molar-refractivity contribution in [2.24, 2.45) is 4.36 Å². The van der Waals surface area contributed by atoms with E-state index in [0.717, 1.165) is 36.4 Å². The predicted octanol–water partition coefficient (Wildman–Crippen LogP) is 11.7. The zero-order chi connectivity index (χ0) is 29.3. The molecule has 9 rings (SSSR count). The van der Waals surface area contributed by atoms with Crippen LogP contribution >= 0.6 is 11.3 Å². The first-order valence-electron chi connectivity index (χ1n) is 14.7. The molecule has 1 unspecified atom stereocenters. The molecular weight excluding hydrogens is 575 g/mol. The Bertz CT molecular complexity index is 2520. The molecule has 0 amide bonds. The second-order valence-electron chi connectivity index (χ2n) is 11.2. The lowest BCUT2D eigenvalue weighted by atomic mass is 9.92. The Kier molecular flexibility index (Phi) is 5.64. The molecule has 4 heteroatoms. The van der Waals surface area contributed by atoms with E-state index in [9.17, 15) is 4.21 Å².